The SMILES string of the molecule is Cc1cc(=O)[nH]c(NCCNC(=O)[C@@H](c2ccccc2F)N(C)C)n1. The molecule has 7 nitrogen and oxygen atoms in total. The fourth-order valence-electron chi connectivity index (χ4n) is 2.48. The Kier molecular flexibility index (Phi) is 6.24. The van der Waals surface area contributed by atoms with Crippen LogP contribution in [0.5, 0.6) is 0 Å². The van der Waals surface area contributed by atoms with Gasteiger partial charge in [0, 0.05) is 30.4 Å². The van der Waals surface area contributed by atoms with Gasteiger partial charge in [0.25, 0.3) is 5.56 Å². The standard InChI is InChI=1S/C17H22FN5O2/c1-11-10-14(24)22-17(21-11)20-9-8-19-16(25)15(23(2)3)12-6-4-5-7-13(12)18/h4-7,10,15H,8-9H2,1-3H3,(H,19,25)(H2,20,21,22,24)/t15-/m1/s1. The van der Waals surface area contributed by atoms with E-state index in [1.165, 1.54) is 12.1 Å². The number of rotatable bonds is 7. The molecular weight excluding hydrogens is 325 g/mol. The lowest BCUT2D eigenvalue weighted by Crippen LogP contribution is -2.39. The van der Waals surface area contributed by atoms with Crippen LogP contribution in [0.25, 0.3) is 0 Å². The molecule has 0 radical (unpaired) electrons. The highest BCUT2D eigenvalue weighted by Gasteiger charge is 2.25. The van der Waals surface area contributed by atoms with Crippen molar-refractivity contribution in [2.24, 2.45) is 0 Å². The first-order valence-corrected chi connectivity index (χ1v) is 7.89. The molecule has 1 aromatic carbocycles. The van der Waals surface area contributed by atoms with Gasteiger partial charge in [0.1, 0.15) is 11.9 Å². The van der Waals surface area contributed by atoms with Crippen LogP contribution in [-0.4, -0.2) is 48.0 Å². The number of H-pyrrole nitrogens is 1. The van der Waals surface area contributed by atoms with Crippen molar-refractivity contribution in [3.05, 3.63) is 57.8 Å². The molecule has 0 aliphatic heterocycles. The molecule has 3 N–H and O–H groups in total. The number of carbonyl (C=O) groups is 1. The highest BCUT2D eigenvalue weighted by Crippen LogP contribution is 2.21. The van der Waals surface area contributed by atoms with E-state index in [9.17, 15) is 14.0 Å². The molecule has 0 saturated heterocycles. The normalized spacial score (nSPS) is 12.0. The molecule has 134 valence electrons. The first kappa shape index (κ1) is 18.6. The molecule has 8 heteroatoms. The van der Waals surface area contributed by atoms with Gasteiger partial charge in [-0.25, -0.2) is 9.37 Å². The minimum atomic E-state index is -0.724. The number of amides is 1. The summed E-state index contributed by atoms with van der Waals surface area (Å²) >= 11 is 0. The maximum absolute atomic E-state index is 14.0. The van der Waals surface area contributed by atoms with Crippen molar-refractivity contribution in [2.75, 3.05) is 32.5 Å². The van der Waals surface area contributed by atoms with Crippen LogP contribution >= 0.6 is 0 Å². The average Bonchev–Trinajstić information content (AvgIpc) is 2.52. The third-order valence-electron chi connectivity index (χ3n) is 3.55. The number of aromatic amines is 1. The largest absolute Gasteiger partial charge is 0.354 e. The van der Waals surface area contributed by atoms with Crippen LogP contribution in [0, 0.1) is 12.7 Å². The zero-order valence-corrected chi connectivity index (χ0v) is 14.5. The van der Waals surface area contributed by atoms with Gasteiger partial charge >= 0.3 is 0 Å². The zero-order chi connectivity index (χ0) is 18.4. The van der Waals surface area contributed by atoms with Crippen molar-refractivity contribution in [1.82, 2.24) is 20.2 Å². The molecule has 25 heavy (non-hydrogen) atoms. The predicted octanol–water partition coefficient (Wildman–Crippen LogP) is 1.05. The topological polar surface area (TPSA) is 90.1 Å². The Morgan fingerprint density at radius 2 is 2.04 bits per heavy atom. The third-order valence-corrected chi connectivity index (χ3v) is 3.55. The van der Waals surface area contributed by atoms with Gasteiger partial charge in [-0.2, -0.15) is 0 Å². The van der Waals surface area contributed by atoms with Crippen LogP contribution in [0.4, 0.5) is 10.3 Å². The van der Waals surface area contributed by atoms with E-state index < -0.39 is 11.9 Å². The second-order valence-electron chi connectivity index (χ2n) is 5.84. The highest BCUT2D eigenvalue weighted by molar-refractivity contribution is 5.83. The first-order valence-electron chi connectivity index (χ1n) is 7.89. The van der Waals surface area contributed by atoms with E-state index in [0.717, 1.165) is 0 Å². The summed E-state index contributed by atoms with van der Waals surface area (Å²) in [7, 11) is 3.44. The molecule has 2 aromatic rings. The van der Waals surface area contributed by atoms with E-state index in [1.807, 2.05) is 0 Å². The fraction of sp³-hybridized carbons (Fsp3) is 0.353. The highest BCUT2D eigenvalue weighted by atomic mass is 19.1. The Morgan fingerprint density at radius 1 is 1.32 bits per heavy atom. The number of anilines is 1. The number of benzene rings is 1. The summed E-state index contributed by atoms with van der Waals surface area (Å²) < 4.78 is 14.0. The lowest BCUT2D eigenvalue weighted by Gasteiger charge is -2.24. The molecule has 0 aliphatic carbocycles. The number of aromatic nitrogens is 2. The molecule has 0 unspecified atom stereocenters. The maximum Gasteiger partial charge on any atom is 0.252 e. The fourth-order valence-corrected chi connectivity index (χ4v) is 2.48. The summed E-state index contributed by atoms with van der Waals surface area (Å²) in [4.78, 5) is 32.1. The second-order valence-corrected chi connectivity index (χ2v) is 5.84. The molecule has 2 rings (SSSR count). The van der Waals surface area contributed by atoms with Crippen LogP contribution in [0.1, 0.15) is 17.3 Å². The number of halogens is 1. The van der Waals surface area contributed by atoms with E-state index in [-0.39, 0.29) is 11.5 Å². The van der Waals surface area contributed by atoms with Crippen molar-refractivity contribution >= 4 is 11.9 Å². The number of aryl methyl sites for hydroxylation is 1. The molecule has 1 amide bonds. The van der Waals surface area contributed by atoms with E-state index in [1.54, 1.807) is 44.1 Å². The summed E-state index contributed by atoms with van der Waals surface area (Å²) in [5.74, 6) is -0.379. The van der Waals surface area contributed by atoms with Crippen LogP contribution in [-0.2, 0) is 4.79 Å². The Hall–Kier alpha value is -2.74. The van der Waals surface area contributed by atoms with Gasteiger partial charge in [-0.1, -0.05) is 18.2 Å². The lowest BCUT2D eigenvalue weighted by atomic mass is 10.0. The van der Waals surface area contributed by atoms with Gasteiger partial charge in [-0.15, -0.1) is 0 Å². The van der Waals surface area contributed by atoms with Gasteiger partial charge in [-0.3, -0.25) is 19.5 Å². The molecular formula is C17H22FN5O2. The molecule has 0 saturated carbocycles. The summed E-state index contributed by atoms with van der Waals surface area (Å²) in [6, 6.07) is 6.88. The number of nitrogens with one attached hydrogen (secondary N) is 3. The molecule has 1 aromatic heterocycles. The second kappa shape index (κ2) is 8.39. The van der Waals surface area contributed by atoms with Gasteiger partial charge in [0.2, 0.25) is 11.9 Å². The molecule has 1 atom stereocenters. The van der Waals surface area contributed by atoms with Gasteiger partial charge in [-0.05, 0) is 27.1 Å². The average molecular weight is 347 g/mol. The third kappa shape index (κ3) is 5.12. The van der Waals surface area contributed by atoms with Gasteiger partial charge in [0.05, 0.1) is 0 Å². The maximum atomic E-state index is 14.0. The minimum Gasteiger partial charge on any atom is -0.354 e. The van der Waals surface area contributed by atoms with Crippen LogP contribution in [0.3, 0.4) is 0 Å². The molecule has 0 fully saturated rings. The number of nitrogens with zero attached hydrogens (tertiary/aromatic N) is 2. The first-order chi connectivity index (χ1) is 11.9. The monoisotopic (exact) mass is 347 g/mol. The van der Waals surface area contributed by atoms with Crippen molar-refractivity contribution in [3.63, 3.8) is 0 Å². The Morgan fingerprint density at radius 3 is 2.68 bits per heavy atom. The zero-order valence-electron chi connectivity index (χ0n) is 14.5. The molecule has 0 bridgehead atoms. The summed E-state index contributed by atoms with van der Waals surface area (Å²) in [6.07, 6.45) is 0. The van der Waals surface area contributed by atoms with E-state index in [2.05, 4.69) is 20.6 Å². The quantitative estimate of drug-likeness (QED) is 0.652. The Bertz CT molecular complexity index is 791. The van der Waals surface area contributed by atoms with Gasteiger partial charge in [0.15, 0.2) is 0 Å². The van der Waals surface area contributed by atoms with Crippen LogP contribution < -0.4 is 16.2 Å². The van der Waals surface area contributed by atoms with Crippen molar-refractivity contribution < 1.29 is 9.18 Å². The minimum absolute atomic E-state index is 0.244. The Labute approximate surface area is 145 Å². The molecule has 0 spiro atoms. The van der Waals surface area contributed by atoms with Crippen molar-refractivity contribution in [1.29, 1.82) is 0 Å². The van der Waals surface area contributed by atoms with E-state index >= 15 is 0 Å². The number of likely N-dealkylation sites (N-methyl/N-ethyl adjacent to an activating group) is 1. The number of hydrogen-bond donors (Lipinski definition) is 3. The summed E-state index contributed by atoms with van der Waals surface area (Å²) in [5, 5.41) is 5.69. The predicted molar refractivity (Wildman–Crippen MR) is 93.9 cm³/mol. The summed E-state index contributed by atoms with van der Waals surface area (Å²) in [5.41, 5.74) is 0.677. The molecule has 1 heterocycles. The smallest absolute Gasteiger partial charge is 0.252 e. The van der Waals surface area contributed by atoms with Crippen LogP contribution in [0.2, 0.25) is 0 Å². The van der Waals surface area contributed by atoms with Crippen molar-refractivity contribution in [2.45, 2.75) is 13.0 Å². The number of carbonyl (C=O) groups excluding carboxylic acids is 1. The van der Waals surface area contributed by atoms with Gasteiger partial charge < -0.3 is 10.6 Å². The van der Waals surface area contributed by atoms with Crippen molar-refractivity contribution in [3.8, 4) is 0 Å². The molecule has 0 aliphatic rings. The number of hydrogen-bond acceptors (Lipinski definition) is 5. The Balaban J connectivity index is 1.93. The lowest BCUT2D eigenvalue weighted by molar-refractivity contribution is -0.125. The van der Waals surface area contributed by atoms with E-state index in [0.29, 0.717) is 30.3 Å². The summed E-state index contributed by atoms with van der Waals surface area (Å²) in [6.45, 7) is 2.39. The van der Waals surface area contributed by atoms with Crippen LogP contribution in [0.15, 0.2) is 35.1 Å². The van der Waals surface area contributed by atoms with E-state index in [4.69, 9.17) is 0 Å².